The average Bonchev–Trinajstić information content (AvgIpc) is 3.07. The smallest absolute Gasteiger partial charge is 0.240 e. The summed E-state index contributed by atoms with van der Waals surface area (Å²) in [5.74, 6) is -0.227. The molecular formula is C21H16Cl2N4O3S. The van der Waals surface area contributed by atoms with Crippen LogP contribution in [0.25, 0.3) is 10.9 Å². The number of benzene rings is 3. The third-order valence-corrected chi connectivity index (χ3v) is 6.49. The van der Waals surface area contributed by atoms with Gasteiger partial charge >= 0.3 is 0 Å². The van der Waals surface area contributed by atoms with Gasteiger partial charge in [0.1, 0.15) is 5.69 Å². The molecular weight excluding hydrogens is 459 g/mol. The molecule has 1 heterocycles. The lowest BCUT2D eigenvalue weighted by Gasteiger charge is -2.07. The van der Waals surface area contributed by atoms with Gasteiger partial charge < -0.3 is 10.1 Å². The number of halogens is 2. The summed E-state index contributed by atoms with van der Waals surface area (Å²) in [6.45, 7) is 0.106. The highest BCUT2D eigenvalue weighted by Crippen LogP contribution is 2.38. The highest BCUT2D eigenvalue weighted by Gasteiger charge is 2.18. The third-order valence-electron chi connectivity index (χ3n) is 4.52. The number of H-pyrrole nitrogens is 1. The maximum absolute atomic E-state index is 12.8. The minimum atomic E-state index is -3.81. The number of fused-ring (bicyclic) bond motifs is 1. The zero-order valence-corrected chi connectivity index (χ0v) is 18.2. The van der Waals surface area contributed by atoms with Crippen LogP contribution in [0, 0.1) is 0 Å². The van der Waals surface area contributed by atoms with Crippen LogP contribution in [0.4, 0.5) is 11.4 Å². The minimum Gasteiger partial charge on any atom is -0.493 e. The number of rotatable bonds is 6. The van der Waals surface area contributed by atoms with E-state index >= 15 is 0 Å². The first kappa shape index (κ1) is 21.3. The summed E-state index contributed by atoms with van der Waals surface area (Å²) in [6, 6.07) is 18.2. The van der Waals surface area contributed by atoms with Gasteiger partial charge in [0.25, 0.3) is 0 Å². The van der Waals surface area contributed by atoms with Gasteiger partial charge in [-0.05, 0) is 48.0 Å². The highest BCUT2D eigenvalue weighted by molar-refractivity contribution is 7.89. The summed E-state index contributed by atoms with van der Waals surface area (Å²) < 4.78 is 28.1. The van der Waals surface area contributed by atoms with Crippen molar-refractivity contribution in [1.82, 2.24) is 9.71 Å². The Hall–Kier alpha value is -2.91. The van der Waals surface area contributed by atoms with E-state index in [9.17, 15) is 13.5 Å². The molecule has 0 amide bonds. The molecule has 4 aromatic rings. The summed E-state index contributed by atoms with van der Waals surface area (Å²) in [7, 11) is -3.81. The molecule has 3 N–H and O–H groups in total. The first-order valence-corrected chi connectivity index (χ1v) is 11.3. The van der Waals surface area contributed by atoms with E-state index in [-0.39, 0.29) is 23.0 Å². The van der Waals surface area contributed by atoms with Crippen molar-refractivity contribution in [1.29, 1.82) is 0 Å². The fraction of sp³-hybridized carbons (Fsp3) is 0.0476. The monoisotopic (exact) mass is 474 g/mol. The summed E-state index contributed by atoms with van der Waals surface area (Å²) >= 11 is 11.9. The largest absolute Gasteiger partial charge is 0.493 e. The molecule has 0 bridgehead atoms. The molecule has 1 aromatic heterocycles. The molecule has 158 valence electrons. The molecule has 7 nitrogen and oxygen atoms in total. The third kappa shape index (κ3) is 4.72. The van der Waals surface area contributed by atoms with Crippen molar-refractivity contribution in [2.24, 2.45) is 10.2 Å². The lowest BCUT2D eigenvalue weighted by molar-refractivity contribution is 0.459. The Morgan fingerprint density at radius 2 is 1.71 bits per heavy atom. The zero-order chi connectivity index (χ0) is 22.0. The fourth-order valence-electron chi connectivity index (χ4n) is 2.91. The minimum absolute atomic E-state index is 0.0298. The molecule has 0 saturated carbocycles. The van der Waals surface area contributed by atoms with Crippen molar-refractivity contribution in [2.45, 2.75) is 11.4 Å². The topological polar surface area (TPSA) is 107 Å². The molecule has 4 rings (SSSR count). The second-order valence-electron chi connectivity index (χ2n) is 6.63. The van der Waals surface area contributed by atoms with E-state index in [0.29, 0.717) is 26.6 Å². The first-order chi connectivity index (χ1) is 14.8. The highest BCUT2D eigenvalue weighted by atomic mass is 35.5. The summed E-state index contributed by atoms with van der Waals surface area (Å²) in [4.78, 5) is 2.79. The van der Waals surface area contributed by atoms with Gasteiger partial charge in [0.15, 0.2) is 5.69 Å². The van der Waals surface area contributed by atoms with E-state index in [1.54, 1.807) is 54.6 Å². The quantitative estimate of drug-likeness (QED) is 0.295. The lowest BCUT2D eigenvalue weighted by atomic mass is 10.2. The Labute approximate surface area is 188 Å². The Bertz CT molecular complexity index is 1380. The van der Waals surface area contributed by atoms with E-state index in [0.717, 1.165) is 5.56 Å². The van der Waals surface area contributed by atoms with Crippen LogP contribution in [0.5, 0.6) is 5.88 Å². The van der Waals surface area contributed by atoms with Crippen LogP contribution in [0.3, 0.4) is 0 Å². The van der Waals surface area contributed by atoms with Crippen molar-refractivity contribution in [3.05, 3.63) is 82.3 Å². The Morgan fingerprint density at radius 3 is 2.45 bits per heavy atom. The summed E-state index contributed by atoms with van der Waals surface area (Å²) in [5, 5.41) is 19.8. The SMILES string of the molecule is O=S(=O)(NCc1ccc(Cl)cc1)c1ccc2[nH]c(O)c(N=Nc3ccccc3Cl)c2c1. The molecule has 0 aliphatic rings. The molecule has 0 aliphatic heterocycles. The van der Waals surface area contributed by atoms with Gasteiger partial charge in [0.2, 0.25) is 15.9 Å². The molecule has 3 aromatic carbocycles. The fourth-order valence-corrected chi connectivity index (χ4v) is 4.25. The molecule has 0 saturated heterocycles. The second-order valence-corrected chi connectivity index (χ2v) is 9.24. The van der Waals surface area contributed by atoms with E-state index in [1.807, 2.05) is 0 Å². The Kier molecular flexibility index (Phi) is 5.97. The predicted octanol–water partition coefficient (Wildman–Crippen LogP) is 6.07. The summed E-state index contributed by atoms with van der Waals surface area (Å²) in [6.07, 6.45) is 0. The van der Waals surface area contributed by atoms with Crippen LogP contribution in [-0.4, -0.2) is 18.5 Å². The summed E-state index contributed by atoms with van der Waals surface area (Å²) in [5.41, 5.74) is 1.82. The molecule has 31 heavy (non-hydrogen) atoms. The number of aromatic nitrogens is 1. The Balaban J connectivity index is 1.64. The molecule has 0 atom stereocenters. The number of aromatic hydroxyl groups is 1. The van der Waals surface area contributed by atoms with Crippen molar-refractivity contribution in [2.75, 3.05) is 0 Å². The lowest BCUT2D eigenvalue weighted by Crippen LogP contribution is -2.23. The normalized spacial score (nSPS) is 12.1. The van der Waals surface area contributed by atoms with Crippen LogP contribution in [0.2, 0.25) is 10.0 Å². The zero-order valence-electron chi connectivity index (χ0n) is 15.9. The maximum atomic E-state index is 12.8. The number of aromatic amines is 1. The number of sulfonamides is 1. The van der Waals surface area contributed by atoms with E-state index in [4.69, 9.17) is 23.2 Å². The van der Waals surface area contributed by atoms with Gasteiger partial charge in [-0.3, -0.25) is 0 Å². The number of nitrogens with one attached hydrogen (secondary N) is 2. The number of hydrogen-bond acceptors (Lipinski definition) is 5. The van der Waals surface area contributed by atoms with Crippen LogP contribution in [-0.2, 0) is 16.6 Å². The molecule has 0 radical (unpaired) electrons. The van der Waals surface area contributed by atoms with E-state index in [2.05, 4.69) is 19.9 Å². The average molecular weight is 475 g/mol. The van der Waals surface area contributed by atoms with Gasteiger partial charge in [0.05, 0.1) is 15.4 Å². The van der Waals surface area contributed by atoms with Crippen LogP contribution in [0.1, 0.15) is 5.56 Å². The van der Waals surface area contributed by atoms with Gasteiger partial charge in [-0.1, -0.05) is 47.5 Å². The standard InChI is InChI=1S/C21H16Cl2N4O3S/c22-14-7-5-13(6-8-14)12-24-31(29,30)15-9-10-18-16(11-15)20(21(28)25-18)27-26-19-4-2-1-3-17(19)23/h1-11,24-25,28H,12H2. The molecule has 0 fully saturated rings. The van der Waals surface area contributed by atoms with Gasteiger partial charge in [-0.15, -0.1) is 10.2 Å². The number of hydrogen-bond donors (Lipinski definition) is 3. The Morgan fingerprint density at radius 1 is 0.968 bits per heavy atom. The van der Waals surface area contributed by atoms with Crippen molar-refractivity contribution in [3.63, 3.8) is 0 Å². The van der Waals surface area contributed by atoms with Gasteiger partial charge in [0, 0.05) is 17.0 Å². The van der Waals surface area contributed by atoms with Gasteiger partial charge in [-0.2, -0.15) is 0 Å². The van der Waals surface area contributed by atoms with Crippen LogP contribution in [0.15, 0.2) is 81.9 Å². The van der Waals surface area contributed by atoms with Crippen molar-refractivity contribution >= 4 is 55.5 Å². The van der Waals surface area contributed by atoms with Gasteiger partial charge in [-0.25, -0.2) is 13.1 Å². The van der Waals surface area contributed by atoms with Crippen molar-refractivity contribution in [3.8, 4) is 5.88 Å². The molecule has 0 unspecified atom stereocenters. The first-order valence-electron chi connectivity index (χ1n) is 9.08. The second kappa shape index (κ2) is 8.68. The van der Waals surface area contributed by atoms with E-state index < -0.39 is 10.0 Å². The molecule has 10 heteroatoms. The van der Waals surface area contributed by atoms with Crippen molar-refractivity contribution < 1.29 is 13.5 Å². The maximum Gasteiger partial charge on any atom is 0.240 e. The van der Waals surface area contributed by atoms with E-state index in [1.165, 1.54) is 12.1 Å². The molecule has 0 aliphatic carbocycles. The predicted molar refractivity (Wildman–Crippen MR) is 121 cm³/mol. The van der Waals surface area contributed by atoms with Crippen LogP contribution < -0.4 is 4.72 Å². The molecule has 0 spiro atoms. The number of azo groups is 1. The number of nitrogens with zero attached hydrogens (tertiary/aromatic N) is 2. The van der Waals surface area contributed by atoms with Crippen LogP contribution >= 0.6 is 23.2 Å².